The zero-order chi connectivity index (χ0) is 17.4. The number of likely N-dealkylation sites (N-methyl/N-ethyl adjacent to an activating group) is 1. The Morgan fingerprint density at radius 2 is 2.16 bits per heavy atom. The number of nitrogens with zero attached hydrogens (tertiary/aromatic N) is 3. The number of ether oxygens (including phenoxy) is 1. The summed E-state index contributed by atoms with van der Waals surface area (Å²) < 4.78 is 5.69. The predicted octanol–water partition coefficient (Wildman–Crippen LogP) is 1.63. The molecule has 0 bridgehead atoms. The lowest BCUT2D eigenvalue weighted by Gasteiger charge is -2.14. The second-order valence-electron chi connectivity index (χ2n) is 6.09. The Kier molecular flexibility index (Phi) is 9.54. The SMILES string of the molecule is CCNC(=NCc1ccnc(OCC2CC2)c1)NCC(=O)N(C)C.I. The topological polar surface area (TPSA) is 78.9 Å². The van der Waals surface area contributed by atoms with Crippen molar-refractivity contribution in [2.24, 2.45) is 10.9 Å². The average molecular weight is 461 g/mol. The molecule has 1 aliphatic carbocycles. The van der Waals surface area contributed by atoms with E-state index < -0.39 is 0 Å². The van der Waals surface area contributed by atoms with Crippen LogP contribution in [0.15, 0.2) is 23.3 Å². The first-order chi connectivity index (χ1) is 11.6. The van der Waals surface area contributed by atoms with Crippen LogP contribution in [0.4, 0.5) is 0 Å². The van der Waals surface area contributed by atoms with E-state index in [0.29, 0.717) is 24.3 Å². The standard InChI is InChI=1S/C17H27N5O2.HI/c1-4-18-17(21-11-16(23)22(2)3)20-10-14-7-8-19-15(9-14)24-12-13-5-6-13;/h7-9,13H,4-6,10-12H2,1-3H3,(H2,18,20,21);1H. The van der Waals surface area contributed by atoms with Crippen LogP contribution in [0.2, 0.25) is 0 Å². The molecule has 1 saturated carbocycles. The molecular weight excluding hydrogens is 433 g/mol. The molecule has 0 unspecified atom stereocenters. The summed E-state index contributed by atoms with van der Waals surface area (Å²) >= 11 is 0. The summed E-state index contributed by atoms with van der Waals surface area (Å²) in [4.78, 5) is 21.9. The summed E-state index contributed by atoms with van der Waals surface area (Å²) in [6.07, 6.45) is 4.25. The average Bonchev–Trinajstić information content (AvgIpc) is 3.40. The monoisotopic (exact) mass is 461 g/mol. The quantitative estimate of drug-likeness (QED) is 0.350. The van der Waals surface area contributed by atoms with Crippen LogP contribution in [-0.4, -0.2) is 55.5 Å². The summed E-state index contributed by atoms with van der Waals surface area (Å²) in [5.74, 6) is 1.97. The maximum absolute atomic E-state index is 11.7. The third-order valence-electron chi connectivity index (χ3n) is 3.63. The lowest BCUT2D eigenvalue weighted by Crippen LogP contribution is -2.42. The van der Waals surface area contributed by atoms with E-state index in [9.17, 15) is 4.79 Å². The Morgan fingerprint density at radius 1 is 1.40 bits per heavy atom. The highest BCUT2D eigenvalue weighted by atomic mass is 127. The number of nitrogens with one attached hydrogen (secondary N) is 2. The highest BCUT2D eigenvalue weighted by Crippen LogP contribution is 2.29. The normalized spacial score (nSPS) is 13.6. The number of aromatic nitrogens is 1. The third kappa shape index (κ3) is 8.37. The van der Waals surface area contributed by atoms with Gasteiger partial charge in [-0.3, -0.25) is 4.79 Å². The fourth-order valence-corrected chi connectivity index (χ4v) is 1.95. The van der Waals surface area contributed by atoms with E-state index in [0.717, 1.165) is 18.7 Å². The highest BCUT2D eigenvalue weighted by Gasteiger charge is 2.22. The summed E-state index contributed by atoms with van der Waals surface area (Å²) in [7, 11) is 3.46. The van der Waals surface area contributed by atoms with Gasteiger partial charge < -0.3 is 20.3 Å². The molecule has 140 valence electrons. The second-order valence-corrected chi connectivity index (χ2v) is 6.09. The molecule has 0 radical (unpaired) electrons. The van der Waals surface area contributed by atoms with Crippen molar-refractivity contribution in [1.82, 2.24) is 20.5 Å². The van der Waals surface area contributed by atoms with Crippen molar-refractivity contribution in [1.29, 1.82) is 0 Å². The van der Waals surface area contributed by atoms with Crippen LogP contribution in [-0.2, 0) is 11.3 Å². The summed E-state index contributed by atoms with van der Waals surface area (Å²) in [5, 5.41) is 6.17. The van der Waals surface area contributed by atoms with Gasteiger partial charge in [-0.25, -0.2) is 9.98 Å². The molecule has 0 aromatic carbocycles. The molecule has 1 heterocycles. The largest absolute Gasteiger partial charge is 0.477 e. The number of aliphatic imine (C=N–C) groups is 1. The summed E-state index contributed by atoms with van der Waals surface area (Å²) in [6.45, 7) is 4.17. The predicted molar refractivity (Wildman–Crippen MR) is 109 cm³/mol. The molecule has 1 amide bonds. The van der Waals surface area contributed by atoms with Gasteiger partial charge in [0, 0.05) is 32.9 Å². The Labute approximate surface area is 166 Å². The van der Waals surface area contributed by atoms with Gasteiger partial charge in [-0.1, -0.05) is 0 Å². The smallest absolute Gasteiger partial charge is 0.241 e. The van der Waals surface area contributed by atoms with Gasteiger partial charge in [-0.15, -0.1) is 24.0 Å². The fourth-order valence-electron chi connectivity index (χ4n) is 1.95. The number of halogens is 1. The molecule has 1 aliphatic rings. The number of carbonyl (C=O) groups is 1. The van der Waals surface area contributed by atoms with E-state index in [-0.39, 0.29) is 36.4 Å². The van der Waals surface area contributed by atoms with Crippen molar-refractivity contribution in [3.8, 4) is 5.88 Å². The third-order valence-corrected chi connectivity index (χ3v) is 3.63. The van der Waals surface area contributed by atoms with E-state index in [1.54, 1.807) is 25.2 Å². The number of pyridine rings is 1. The Hall–Kier alpha value is -1.58. The van der Waals surface area contributed by atoms with Crippen molar-refractivity contribution in [3.05, 3.63) is 23.9 Å². The molecule has 8 heteroatoms. The van der Waals surface area contributed by atoms with E-state index in [1.165, 1.54) is 12.8 Å². The zero-order valence-electron chi connectivity index (χ0n) is 15.1. The number of rotatable bonds is 8. The minimum Gasteiger partial charge on any atom is -0.477 e. The number of guanidine groups is 1. The first-order valence-corrected chi connectivity index (χ1v) is 8.38. The molecule has 0 spiro atoms. The minimum absolute atomic E-state index is 0. The molecule has 0 saturated heterocycles. The van der Waals surface area contributed by atoms with Gasteiger partial charge in [-0.2, -0.15) is 0 Å². The van der Waals surface area contributed by atoms with Crippen molar-refractivity contribution in [2.75, 3.05) is 33.8 Å². The Bertz CT molecular complexity index is 576. The van der Waals surface area contributed by atoms with Gasteiger partial charge in [-0.05, 0) is 37.3 Å². The lowest BCUT2D eigenvalue weighted by molar-refractivity contribution is -0.127. The van der Waals surface area contributed by atoms with Crippen molar-refractivity contribution in [3.63, 3.8) is 0 Å². The molecular formula is C17H28IN5O2. The first-order valence-electron chi connectivity index (χ1n) is 8.38. The van der Waals surface area contributed by atoms with Gasteiger partial charge in [0.15, 0.2) is 5.96 Å². The van der Waals surface area contributed by atoms with Crippen molar-refractivity contribution >= 4 is 35.8 Å². The minimum atomic E-state index is 0. The van der Waals surface area contributed by atoms with Crippen LogP contribution < -0.4 is 15.4 Å². The van der Waals surface area contributed by atoms with E-state index in [4.69, 9.17) is 4.74 Å². The molecule has 1 aromatic rings. The van der Waals surface area contributed by atoms with Crippen molar-refractivity contribution in [2.45, 2.75) is 26.3 Å². The van der Waals surface area contributed by atoms with Gasteiger partial charge in [0.25, 0.3) is 0 Å². The molecule has 0 aliphatic heterocycles. The maximum Gasteiger partial charge on any atom is 0.241 e. The Morgan fingerprint density at radius 3 is 2.80 bits per heavy atom. The van der Waals surface area contributed by atoms with Gasteiger partial charge in [0.1, 0.15) is 0 Å². The summed E-state index contributed by atoms with van der Waals surface area (Å²) in [6, 6.07) is 3.84. The van der Waals surface area contributed by atoms with E-state index in [1.807, 2.05) is 19.1 Å². The molecule has 1 aromatic heterocycles. The first kappa shape index (κ1) is 21.5. The molecule has 2 rings (SSSR count). The number of amides is 1. The van der Waals surface area contributed by atoms with Gasteiger partial charge >= 0.3 is 0 Å². The molecule has 7 nitrogen and oxygen atoms in total. The van der Waals surface area contributed by atoms with Crippen LogP contribution in [0.25, 0.3) is 0 Å². The van der Waals surface area contributed by atoms with Crippen LogP contribution >= 0.6 is 24.0 Å². The van der Waals surface area contributed by atoms with Crippen LogP contribution in [0.3, 0.4) is 0 Å². The maximum atomic E-state index is 11.7. The zero-order valence-corrected chi connectivity index (χ0v) is 17.4. The molecule has 0 atom stereocenters. The van der Waals surface area contributed by atoms with Crippen molar-refractivity contribution < 1.29 is 9.53 Å². The van der Waals surface area contributed by atoms with Gasteiger partial charge in [0.05, 0.1) is 19.7 Å². The lowest BCUT2D eigenvalue weighted by atomic mass is 10.3. The van der Waals surface area contributed by atoms with Crippen LogP contribution in [0.5, 0.6) is 5.88 Å². The van der Waals surface area contributed by atoms with E-state index in [2.05, 4.69) is 20.6 Å². The number of hydrogen-bond donors (Lipinski definition) is 2. The van der Waals surface area contributed by atoms with Gasteiger partial charge in [0.2, 0.25) is 11.8 Å². The fraction of sp³-hybridized carbons (Fsp3) is 0.588. The highest BCUT2D eigenvalue weighted by molar-refractivity contribution is 14.0. The second kappa shape index (κ2) is 11.1. The van der Waals surface area contributed by atoms with Crippen LogP contribution in [0, 0.1) is 5.92 Å². The Balaban J connectivity index is 0.00000312. The number of carbonyl (C=O) groups excluding carboxylic acids is 1. The molecule has 2 N–H and O–H groups in total. The number of hydrogen-bond acceptors (Lipinski definition) is 4. The summed E-state index contributed by atoms with van der Waals surface area (Å²) in [5.41, 5.74) is 1.02. The van der Waals surface area contributed by atoms with E-state index >= 15 is 0 Å². The van der Waals surface area contributed by atoms with Crippen LogP contribution in [0.1, 0.15) is 25.3 Å². The molecule has 25 heavy (non-hydrogen) atoms. The molecule has 1 fully saturated rings.